The van der Waals surface area contributed by atoms with Gasteiger partial charge in [0.2, 0.25) is 0 Å². The summed E-state index contributed by atoms with van der Waals surface area (Å²) in [5, 5.41) is 10.3. The van der Waals surface area contributed by atoms with Crippen LogP contribution in [0.1, 0.15) is 43.7 Å². The van der Waals surface area contributed by atoms with Crippen molar-refractivity contribution >= 4 is 17.6 Å². The lowest BCUT2D eigenvalue weighted by molar-refractivity contribution is -0.143. The molecule has 1 aliphatic carbocycles. The largest absolute Gasteiger partial charge is 0.493 e. The van der Waals surface area contributed by atoms with Gasteiger partial charge in [-0.3, -0.25) is 4.79 Å². The molecule has 0 amide bonds. The first-order valence-corrected chi connectivity index (χ1v) is 7.56. The van der Waals surface area contributed by atoms with Gasteiger partial charge < -0.3 is 14.6 Å². The molecule has 1 N–H and O–H groups in total. The highest BCUT2D eigenvalue weighted by Gasteiger charge is 2.46. The van der Waals surface area contributed by atoms with Crippen LogP contribution in [0.4, 0.5) is 0 Å². The number of methoxy groups -OCH3 is 2. The molecule has 4 nitrogen and oxygen atoms in total. The van der Waals surface area contributed by atoms with Gasteiger partial charge in [-0.15, -0.1) is 0 Å². The van der Waals surface area contributed by atoms with Gasteiger partial charge in [0.15, 0.2) is 11.5 Å². The SMILES string of the molecule is CCc1c(OC)c(OC)cc(Cl)c1C1(C(=O)O)CCCC1. The minimum absolute atomic E-state index is 0.453. The van der Waals surface area contributed by atoms with Gasteiger partial charge in [-0.2, -0.15) is 0 Å². The summed E-state index contributed by atoms with van der Waals surface area (Å²) < 4.78 is 10.8. The normalized spacial score (nSPS) is 16.8. The Morgan fingerprint density at radius 3 is 2.38 bits per heavy atom. The molecule has 1 aliphatic rings. The van der Waals surface area contributed by atoms with E-state index in [4.69, 9.17) is 21.1 Å². The summed E-state index contributed by atoms with van der Waals surface area (Å²) in [7, 11) is 3.12. The molecule has 0 aliphatic heterocycles. The molecular formula is C16H21ClO4. The van der Waals surface area contributed by atoms with Crippen molar-refractivity contribution < 1.29 is 19.4 Å². The maximum absolute atomic E-state index is 12.0. The number of hydrogen-bond donors (Lipinski definition) is 1. The number of carboxylic acid groups (broad SMARTS) is 1. The van der Waals surface area contributed by atoms with E-state index in [1.165, 1.54) is 0 Å². The standard InChI is InChI=1S/C16H21ClO4/c1-4-10-13(16(15(18)19)7-5-6-8-16)11(17)9-12(20-2)14(10)21-3/h9H,4-8H2,1-3H3,(H,18,19). The maximum Gasteiger partial charge on any atom is 0.314 e. The first-order chi connectivity index (χ1) is 10.0. The summed E-state index contributed by atoms with van der Waals surface area (Å²) in [5.41, 5.74) is 0.641. The molecule has 0 bridgehead atoms. The molecule has 2 rings (SSSR count). The lowest BCUT2D eigenvalue weighted by Gasteiger charge is -2.29. The first-order valence-electron chi connectivity index (χ1n) is 7.19. The highest BCUT2D eigenvalue weighted by Crippen LogP contribution is 2.50. The molecular weight excluding hydrogens is 292 g/mol. The van der Waals surface area contributed by atoms with Crippen LogP contribution in [0.15, 0.2) is 6.07 Å². The molecule has 0 aromatic heterocycles. The zero-order chi connectivity index (χ0) is 15.6. The number of ether oxygens (including phenoxy) is 2. The molecule has 116 valence electrons. The van der Waals surface area contributed by atoms with E-state index < -0.39 is 11.4 Å². The van der Waals surface area contributed by atoms with Crippen LogP contribution in [0, 0.1) is 0 Å². The second-order valence-corrected chi connectivity index (χ2v) is 5.80. The lowest BCUT2D eigenvalue weighted by atomic mass is 9.75. The van der Waals surface area contributed by atoms with Crippen LogP contribution in [-0.2, 0) is 16.6 Å². The Kier molecular flexibility index (Phi) is 4.67. The summed E-state index contributed by atoms with van der Waals surface area (Å²) in [6.07, 6.45) is 3.68. The third-order valence-electron chi connectivity index (χ3n) is 4.42. The van der Waals surface area contributed by atoms with Gasteiger partial charge in [0.05, 0.1) is 19.6 Å². The topological polar surface area (TPSA) is 55.8 Å². The maximum atomic E-state index is 12.0. The van der Waals surface area contributed by atoms with Gasteiger partial charge in [-0.05, 0) is 24.8 Å². The number of benzene rings is 1. The second-order valence-electron chi connectivity index (χ2n) is 5.40. The number of aliphatic carboxylic acids is 1. The van der Waals surface area contributed by atoms with Crippen LogP contribution in [0.25, 0.3) is 0 Å². The fourth-order valence-corrected chi connectivity index (χ4v) is 3.83. The second kappa shape index (κ2) is 6.14. The minimum Gasteiger partial charge on any atom is -0.493 e. The Hall–Kier alpha value is -1.42. The molecule has 1 saturated carbocycles. The zero-order valence-electron chi connectivity index (χ0n) is 12.7. The number of halogens is 1. The molecule has 1 fully saturated rings. The Labute approximate surface area is 130 Å². The Morgan fingerprint density at radius 1 is 1.33 bits per heavy atom. The van der Waals surface area contributed by atoms with Gasteiger partial charge in [0, 0.05) is 16.7 Å². The smallest absolute Gasteiger partial charge is 0.314 e. The Bertz CT molecular complexity index is 548. The predicted octanol–water partition coefficient (Wildman–Crippen LogP) is 3.82. The summed E-state index contributed by atoms with van der Waals surface area (Å²) in [4.78, 5) is 12.0. The van der Waals surface area contributed by atoms with Gasteiger partial charge >= 0.3 is 5.97 Å². The van der Waals surface area contributed by atoms with Crippen molar-refractivity contribution in [3.05, 3.63) is 22.2 Å². The summed E-state index contributed by atoms with van der Waals surface area (Å²) in [6.45, 7) is 1.97. The van der Waals surface area contributed by atoms with Crippen molar-refractivity contribution in [2.75, 3.05) is 14.2 Å². The van der Waals surface area contributed by atoms with E-state index in [-0.39, 0.29) is 0 Å². The van der Waals surface area contributed by atoms with Crippen molar-refractivity contribution in [1.82, 2.24) is 0 Å². The summed E-state index contributed by atoms with van der Waals surface area (Å²) in [6, 6.07) is 1.66. The lowest BCUT2D eigenvalue weighted by Crippen LogP contribution is -2.34. The van der Waals surface area contributed by atoms with E-state index in [1.54, 1.807) is 20.3 Å². The van der Waals surface area contributed by atoms with E-state index in [2.05, 4.69) is 0 Å². The Balaban J connectivity index is 2.76. The van der Waals surface area contributed by atoms with E-state index in [0.717, 1.165) is 18.4 Å². The highest BCUT2D eigenvalue weighted by atomic mass is 35.5. The van der Waals surface area contributed by atoms with Crippen molar-refractivity contribution in [2.45, 2.75) is 44.4 Å². The number of hydrogen-bond acceptors (Lipinski definition) is 3. The molecule has 0 unspecified atom stereocenters. The number of carbonyl (C=O) groups is 1. The van der Waals surface area contributed by atoms with Crippen LogP contribution in [0.3, 0.4) is 0 Å². The molecule has 0 heterocycles. The van der Waals surface area contributed by atoms with Crippen LogP contribution in [0.5, 0.6) is 11.5 Å². The third kappa shape index (κ3) is 2.46. The van der Waals surface area contributed by atoms with Crippen molar-refractivity contribution in [2.24, 2.45) is 0 Å². The minimum atomic E-state index is -0.901. The molecule has 0 radical (unpaired) electrons. The number of carboxylic acids is 1. The monoisotopic (exact) mass is 312 g/mol. The average Bonchev–Trinajstić information content (AvgIpc) is 2.96. The fraction of sp³-hybridized carbons (Fsp3) is 0.562. The Morgan fingerprint density at radius 2 is 1.95 bits per heavy atom. The van der Waals surface area contributed by atoms with Gasteiger partial charge in [-0.1, -0.05) is 31.4 Å². The van der Waals surface area contributed by atoms with Crippen LogP contribution >= 0.6 is 11.6 Å². The molecule has 1 aromatic rings. The van der Waals surface area contributed by atoms with E-state index in [0.29, 0.717) is 41.3 Å². The third-order valence-corrected chi connectivity index (χ3v) is 4.72. The van der Waals surface area contributed by atoms with Crippen LogP contribution in [-0.4, -0.2) is 25.3 Å². The van der Waals surface area contributed by atoms with Crippen molar-refractivity contribution in [1.29, 1.82) is 0 Å². The first kappa shape index (κ1) is 16.0. The highest BCUT2D eigenvalue weighted by molar-refractivity contribution is 6.32. The van der Waals surface area contributed by atoms with E-state index in [1.807, 2.05) is 6.92 Å². The molecule has 0 atom stereocenters. The number of rotatable bonds is 5. The zero-order valence-corrected chi connectivity index (χ0v) is 13.4. The molecule has 0 saturated heterocycles. The van der Waals surface area contributed by atoms with Crippen molar-refractivity contribution in [3.63, 3.8) is 0 Å². The van der Waals surface area contributed by atoms with Gasteiger partial charge in [0.25, 0.3) is 0 Å². The van der Waals surface area contributed by atoms with Crippen LogP contribution in [0.2, 0.25) is 5.02 Å². The summed E-state index contributed by atoms with van der Waals surface area (Å²) >= 11 is 6.44. The quantitative estimate of drug-likeness (QED) is 0.898. The molecule has 1 aromatic carbocycles. The molecule has 5 heteroatoms. The molecule has 0 spiro atoms. The van der Waals surface area contributed by atoms with Gasteiger partial charge in [0.1, 0.15) is 0 Å². The fourth-order valence-electron chi connectivity index (χ4n) is 3.44. The van der Waals surface area contributed by atoms with Crippen molar-refractivity contribution in [3.8, 4) is 11.5 Å². The molecule has 21 heavy (non-hydrogen) atoms. The summed E-state index contributed by atoms with van der Waals surface area (Å²) in [5.74, 6) is 0.331. The van der Waals surface area contributed by atoms with E-state index in [9.17, 15) is 9.90 Å². The van der Waals surface area contributed by atoms with Crippen LogP contribution < -0.4 is 9.47 Å². The average molecular weight is 313 g/mol. The van der Waals surface area contributed by atoms with Gasteiger partial charge in [-0.25, -0.2) is 0 Å². The van der Waals surface area contributed by atoms with E-state index >= 15 is 0 Å². The predicted molar refractivity (Wildman–Crippen MR) is 81.7 cm³/mol.